The second-order valence-corrected chi connectivity index (χ2v) is 4.80. The SMILES string of the molecule is C[C@H](O)c1ccc(OCCC(=O)NC2CC2)cc1F. The van der Waals surface area contributed by atoms with E-state index in [1.54, 1.807) is 6.07 Å². The number of benzene rings is 1. The Bertz CT molecular complexity index is 458. The van der Waals surface area contributed by atoms with Crippen molar-refractivity contribution in [1.82, 2.24) is 5.32 Å². The van der Waals surface area contributed by atoms with Crippen LogP contribution in [0.15, 0.2) is 18.2 Å². The number of halogens is 1. The van der Waals surface area contributed by atoms with Gasteiger partial charge in [0.1, 0.15) is 11.6 Å². The molecule has 0 heterocycles. The first kappa shape index (κ1) is 13.8. The number of carbonyl (C=O) groups excluding carboxylic acids is 1. The summed E-state index contributed by atoms with van der Waals surface area (Å²) in [5.74, 6) is -0.181. The van der Waals surface area contributed by atoms with Crippen LogP contribution in [-0.4, -0.2) is 23.7 Å². The zero-order chi connectivity index (χ0) is 13.8. The van der Waals surface area contributed by atoms with Crippen LogP contribution in [0, 0.1) is 5.82 Å². The van der Waals surface area contributed by atoms with Crippen LogP contribution in [0.1, 0.15) is 37.9 Å². The van der Waals surface area contributed by atoms with Gasteiger partial charge in [-0.2, -0.15) is 0 Å². The molecule has 1 aliphatic rings. The Morgan fingerprint density at radius 1 is 1.58 bits per heavy atom. The average Bonchev–Trinajstić information content (AvgIpc) is 3.12. The quantitative estimate of drug-likeness (QED) is 0.828. The normalized spacial score (nSPS) is 15.9. The van der Waals surface area contributed by atoms with Gasteiger partial charge >= 0.3 is 0 Å². The number of aliphatic hydroxyl groups excluding tert-OH is 1. The topological polar surface area (TPSA) is 58.6 Å². The fourth-order valence-corrected chi connectivity index (χ4v) is 1.73. The van der Waals surface area contributed by atoms with Crippen LogP contribution in [0.25, 0.3) is 0 Å². The van der Waals surface area contributed by atoms with E-state index in [1.807, 2.05) is 0 Å². The standard InChI is InChI=1S/C14H18FNO3/c1-9(17)12-5-4-11(8-13(12)15)19-7-6-14(18)16-10-2-3-10/h4-5,8-10,17H,2-3,6-7H2,1H3,(H,16,18)/t9-/m0/s1. The van der Waals surface area contributed by atoms with E-state index in [0.29, 0.717) is 11.8 Å². The van der Waals surface area contributed by atoms with Crippen molar-refractivity contribution in [2.45, 2.75) is 38.3 Å². The van der Waals surface area contributed by atoms with Crippen molar-refractivity contribution in [2.75, 3.05) is 6.61 Å². The molecule has 5 heteroatoms. The molecule has 1 saturated carbocycles. The maximum absolute atomic E-state index is 13.5. The number of hydrogen-bond acceptors (Lipinski definition) is 3. The Morgan fingerprint density at radius 3 is 2.89 bits per heavy atom. The smallest absolute Gasteiger partial charge is 0.223 e. The Morgan fingerprint density at radius 2 is 2.32 bits per heavy atom. The maximum atomic E-state index is 13.5. The minimum Gasteiger partial charge on any atom is -0.493 e. The molecule has 4 nitrogen and oxygen atoms in total. The fraction of sp³-hybridized carbons (Fsp3) is 0.500. The van der Waals surface area contributed by atoms with E-state index >= 15 is 0 Å². The van der Waals surface area contributed by atoms with E-state index in [2.05, 4.69) is 5.32 Å². The third kappa shape index (κ3) is 4.21. The summed E-state index contributed by atoms with van der Waals surface area (Å²) in [6.07, 6.45) is 1.52. The first-order valence-electron chi connectivity index (χ1n) is 6.46. The third-order valence-electron chi connectivity index (χ3n) is 2.96. The second kappa shape index (κ2) is 6.02. The zero-order valence-corrected chi connectivity index (χ0v) is 10.9. The molecular weight excluding hydrogens is 249 g/mol. The molecular formula is C14H18FNO3. The maximum Gasteiger partial charge on any atom is 0.223 e. The molecule has 1 aliphatic carbocycles. The molecule has 0 radical (unpaired) electrons. The molecule has 1 amide bonds. The number of ether oxygens (including phenoxy) is 1. The molecule has 2 rings (SSSR count). The van der Waals surface area contributed by atoms with Gasteiger partial charge in [-0.15, -0.1) is 0 Å². The highest BCUT2D eigenvalue weighted by Gasteiger charge is 2.22. The van der Waals surface area contributed by atoms with Crippen LogP contribution in [0.3, 0.4) is 0 Å². The van der Waals surface area contributed by atoms with Gasteiger partial charge < -0.3 is 15.2 Å². The lowest BCUT2D eigenvalue weighted by atomic mass is 10.1. The summed E-state index contributed by atoms with van der Waals surface area (Å²) in [6, 6.07) is 4.64. The molecule has 19 heavy (non-hydrogen) atoms. The zero-order valence-electron chi connectivity index (χ0n) is 10.9. The van der Waals surface area contributed by atoms with Crippen LogP contribution >= 0.6 is 0 Å². The molecule has 2 N–H and O–H groups in total. The van der Waals surface area contributed by atoms with Crippen molar-refractivity contribution < 1.29 is 19.0 Å². The van der Waals surface area contributed by atoms with Crippen molar-refractivity contribution >= 4 is 5.91 Å². The summed E-state index contributed by atoms with van der Waals surface area (Å²) in [4.78, 5) is 11.4. The lowest BCUT2D eigenvalue weighted by Gasteiger charge is -2.10. The summed E-state index contributed by atoms with van der Waals surface area (Å²) >= 11 is 0. The van der Waals surface area contributed by atoms with Gasteiger partial charge in [-0.25, -0.2) is 4.39 Å². The Hall–Kier alpha value is -1.62. The fourth-order valence-electron chi connectivity index (χ4n) is 1.73. The Labute approximate surface area is 111 Å². The van der Waals surface area contributed by atoms with Crippen LogP contribution in [0.5, 0.6) is 5.75 Å². The van der Waals surface area contributed by atoms with Crippen LogP contribution in [-0.2, 0) is 4.79 Å². The summed E-state index contributed by atoms with van der Waals surface area (Å²) in [6.45, 7) is 1.72. The summed E-state index contributed by atoms with van der Waals surface area (Å²) in [5, 5.41) is 12.1. The monoisotopic (exact) mass is 267 g/mol. The lowest BCUT2D eigenvalue weighted by molar-refractivity contribution is -0.121. The highest BCUT2D eigenvalue weighted by molar-refractivity contribution is 5.76. The number of hydrogen-bond donors (Lipinski definition) is 2. The Balaban J connectivity index is 1.79. The predicted molar refractivity (Wildman–Crippen MR) is 68.3 cm³/mol. The van der Waals surface area contributed by atoms with Gasteiger partial charge in [0.05, 0.1) is 19.1 Å². The van der Waals surface area contributed by atoms with E-state index in [0.717, 1.165) is 12.8 Å². The van der Waals surface area contributed by atoms with Gasteiger partial charge in [0.15, 0.2) is 0 Å². The van der Waals surface area contributed by atoms with Gasteiger partial charge in [0, 0.05) is 17.7 Å². The number of carbonyl (C=O) groups is 1. The van der Waals surface area contributed by atoms with Crippen LogP contribution < -0.4 is 10.1 Å². The summed E-state index contributed by atoms with van der Waals surface area (Å²) in [5.41, 5.74) is 0.235. The molecule has 0 bridgehead atoms. The third-order valence-corrected chi connectivity index (χ3v) is 2.96. The van der Waals surface area contributed by atoms with Gasteiger partial charge in [-0.1, -0.05) is 0 Å². The molecule has 0 unspecified atom stereocenters. The van der Waals surface area contributed by atoms with Gasteiger partial charge in [-0.3, -0.25) is 4.79 Å². The lowest BCUT2D eigenvalue weighted by Crippen LogP contribution is -2.26. The molecule has 1 aromatic rings. The minimum atomic E-state index is -0.849. The van der Waals surface area contributed by atoms with Crippen molar-refractivity contribution in [1.29, 1.82) is 0 Å². The molecule has 104 valence electrons. The second-order valence-electron chi connectivity index (χ2n) is 4.80. The van der Waals surface area contributed by atoms with E-state index in [-0.39, 0.29) is 24.5 Å². The molecule has 0 saturated heterocycles. The van der Waals surface area contributed by atoms with Gasteiger partial charge in [0.25, 0.3) is 0 Å². The highest BCUT2D eigenvalue weighted by atomic mass is 19.1. The number of rotatable bonds is 6. The predicted octanol–water partition coefficient (Wildman–Crippen LogP) is 1.93. The van der Waals surface area contributed by atoms with Gasteiger partial charge in [0.2, 0.25) is 5.91 Å². The van der Waals surface area contributed by atoms with E-state index in [1.165, 1.54) is 19.1 Å². The Kier molecular flexibility index (Phi) is 4.37. The van der Waals surface area contributed by atoms with Gasteiger partial charge in [-0.05, 0) is 31.9 Å². The summed E-state index contributed by atoms with van der Waals surface area (Å²) < 4.78 is 18.9. The van der Waals surface area contributed by atoms with E-state index < -0.39 is 11.9 Å². The van der Waals surface area contributed by atoms with Crippen LogP contribution in [0.2, 0.25) is 0 Å². The molecule has 0 aliphatic heterocycles. The van der Waals surface area contributed by atoms with E-state index in [4.69, 9.17) is 4.74 Å². The van der Waals surface area contributed by atoms with Crippen molar-refractivity contribution in [3.05, 3.63) is 29.6 Å². The molecule has 0 spiro atoms. The number of amides is 1. The van der Waals surface area contributed by atoms with Crippen molar-refractivity contribution in [3.63, 3.8) is 0 Å². The van der Waals surface area contributed by atoms with E-state index in [9.17, 15) is 14.3 Å². The van der Waals surface area contributed by atoms with Crippen molar-refractivity contribution in [3.8, 4) is 5.75 Å². The first-order chi connectivity index (χ1) is 9.06. The van der Waals surface area contributed by atoms with Crippen LogP contribution in [0.4, 0.5) is 4.39 Å². The largest absolute Gasteiger partial charge is 0.493 e. The van der Waals surface area contributed by atoms with Crippen molar-refractivity contribution in [2.24, 2.45) is 0 Å². The molecule has 1 atom stereocenters. The average molecular weight is 267 g/mol. The minimum absolute atomic E-state index is 0.0384. The summed E-state index contributed by atoms with van der Waals surface area (Å²) in [7, 11) is 0. The number of nitrogens with one attached hydrogen (secondary N) is 1. The molecule has 1 aromatic carbocycles. The highest BCUT2D eigenvalue weighted by Crippen LogP contribution is 2.22. The molecule has 0 aromatic heterocycles. The molecule has 1 fully saturated rings. The number of aliphatic hydroxyl groups is 1. The first-order valence-corrected chi connectivity index (χ1v) is 6.46.